The molecule has 1 aromatic carbocycles. The Morgan fingerprint density at radius 3 is 2.11 bits per heavy atom. The van der Waals surface area contributed by atoms with Crippen LogP contribution in [0.25, 0.3) is 0 Å². The predicted molar refractivity (Wildman–Crippen MR) is 82.4 cm³/mol. The fraction of sp³-hybridized carbons (Fsp3) is 0.533. The van der Waals surface area contributed by atoms with Gasteiger partial charge in [-0.15, -0.1) is 12.4 Å². The summed E-state index contributed by atoms with van der Waals surface area (Å²) in [5.74, 6) is 0.230. The van der Waals surface area contributed by atoms with Gasteiger partial charge in [-0.25, -0.2) is 0 Å². The maximum atomic E-state index is 11.7. The summed E-state index contributed by atoms with van der Waals surface area (Å²) in [5.41, 5.74) is 8.04. The van der Waals surface area contributed by atoms with Crippen LogP contribution in [0.15, 0.2) is 24.3 Å². The Hall–Kier alpha value is -1.06. The van der Waals surface area contributed by atoms with E-state index in [1.165, 1.54) is 5.56 Å². The van der Waals surface area contributed by atoms with E-state index in [1.54, 1.807) is 6.92 Å². The van der Waals surface area contributed by atoms with Crippen molar-refractivity contribution < 1.29 is 4.79 Å². The van der Waals surface area contributed by atoms with E-state index in [0.29, 0.717) is 5.92 Å². The molecule has 0 heterocycles. The molecule has 0 aromatic heterocycles. The molecule has 0 fully saturated rings. The Labute approximate surface area is 122 Å². The summed E-state index contributed by atoms with van der Waals surface area (Å²) in [6.07, 6.45) is 1.03. The summed E-state index contributed by atoms with van der Waals surface area (Å²) in [7, 11) is 0. The van der Waals surface area contributed by atoms with Crippen LogP contribution in [-0.2, 0) is 11.2 Å². The molecule has 3 nitrogen and oxygen atoms in total. The number of carbonyl (C=O) groups excluding carboxylic acids is 1. The topological polar surface area (TPSA) is 55.1 Å². The summed E-state index contributed by atoms with van der Waals surface area (Å²) in [5, 5.41) is 3.01. The number of aryl methyl sites for hydroxylation is 1. The number of benzene rings is 1. The predicted octanol–water partition coefficient (Wildman–Crippen LogP) is 2.83. The lowest BCUT2D eigenvalue weighted by Gasteiger charge is -2.24. The van der Waals surface area contributed by atoms with Crippen LogP contribution in [0.4, 0.5) is 0 Å². The van der Waals surface area contributed by atoms with Gasteiger partial charge in [-0.1, -0.05) is 45.0 Å². The van der Waals surface area contributed by atoms with Gasteiger partial charge in [0.05, 0.1) is 12.1 Å². The molecule has 0 saturated heterocycles. The molecule has 0 bridgehead atoms. The Morgan fingerprint density at radius 1 is 1.21 bits per heavy atom. The minimum absolute atomic E-state index is 0. The molecule has 0 saturated carbocycles. The van der Waals surface area contributed by atoms with Crippen LogP contribution in [0.3, 0.4) is 0 Å². The fourth-order valence-electron chi connectivity index (χ4n) is 1.88. The van der Waals surface area contributed by atoms with Gasteiger partial charge in [0.1, 0.15) is 0 Å². The first-order valence-electron chi connectivity index (χ1n) is 6.60. The summed E-state index contributed by atoms with van der Waals surface area (Å²) in [6.45, 7) is 8.03. The van der Waals surface area contributed by atoms with Crippen molar-refractivity contribution in [2.75, 3.05) is 0 Å². The van der Waals surface area contributed by atoms with Crippen molar-refractivity contribution >= 4 is 18.3 Å². The smallest absolute Gasteiger partial charge is 0.237 e. The third-order valence-electron chi connectivity index (χ3n) is 3.13. The zero-order chi connectivity index (χ0) is 13.7. The maximum absolute atomic E-state index is 11.7. The highest BCUT2D eigenvalue weighted by Crippen LogP contribution is 2.22. The van der Waals surface area contributed by atoms with E-state index in [2.05, 4.69) is 50.4 Å². The minimum Gasteiger partial charge on any atom is -0.348 e. The molecule has 0 radical (unpaired) electrons. The van der Waals surface area contributed by atoms with Crippen molar-refractivity contribution in [2.45, 2.75) is 46.2 Å². The van der Waals surface area contributed by atoms with Crippen molar-refractivity contribution in [3.63, 3.8) is 0 Å². The quantitative estimate of drug-likeness (QED) is 0.873. The first-order valence-corrected chi connectivity index (χ1v) is 6.60. The summed E-state index contributed by atoms with van der Waals surface area (Å²) in [6, 6.07) is 7.96. The molecule has 2 atom stereocenters. The summed E-state index contributed by atoms with van der Waals surface area (Å²) >= 11 is 0. The molecule has 1 rings (SSSR count). The molecule has 1 aromatic rings. The standard InChI is InChI=1S/C15H24N2O.ClH/c1-5-12-6-8-13(9-7-12)14(10(2)3)17-15(18)11(4)16;/h6-11,14H,5,16H2,1-4H3,(H,17,18);1H/t11-,14?;/m1./s1. The summed E-state index contributed by atoms with van der Waals surface area (Å²) in [4.78, 5) is 11.7. The molecule has 108 valence electrons. The SMILES string of the molecule is CCc1ccc(C(NC(=O)[C@@H](C)N)C(C)C)cc1.Cl. The maximum Gasteiger partial charge on any atom is 0.237 e. The highest BCUT2D eigenvalue weighted by molar-refractivity contribution is 5.85. The van der Waals surface area contributed by atoms with Crippen LogP contribution in [0.2, 0.25) is 0 Å². The number of amides is 1. The van der Waals surface area contributed by atoms with Gasteiger partial charge in [0.25, 0.3) is 0 Å². The van der Waals surface area contributed by atoms with E-state index >= 15 is 0 Å². The molecule has 0 spiro atoms. The number of halogens is 1. The number of hydrogen-bond acceptors (Lipinski definition) is 2. The molecule has 3 N–H and O–H groups in total. The first-order chi connectivity index (χ1) is 8.45. The van der Waals surface area contributed by atoms with E-state index in [0.717, 1.165) is 12.0 Å². The lowest BCUT2D eigenvalue weighted by Crippen LogP contribution is -2.41. The average Bonchev–Trinajstić information content (AvgIpc) is 2.35. The second kappa shape index (κ2) is 8.18. The number of hydrogen-bond donors (Lipinski definition) is 2. The normalized spacial score (nSPS) is 13.6. The van der Waals surface area contributed by atoms with Crippen molar-refractivity contribution in [3.05, 3.63) is 35.4 Å². The largest absolute Gasteiger partial charge is 0.348 e. The third kappa shape index (κ3) is 5.21. The van der Waals surface area contributed by atoms with Crippen LogP contribution in [0.1, 0.15) is 44.9 Å². The molecular weight excluding hydrogens is 260 g/mol. The van der Waals surface area contributed by atoms with E-state index in [4.69, 9.17) is 5.73 Å². The number of nitrogens with one attached hydrogen (secondary N) is 1. The Bertz CT molecular complexity index is 388. The van der Waals surface area contributed by atoms with Gasteiger partial charge in [0, 0.05) is 0 Å². The minimum atomic E-state index is -0.471. The van der Waals surface area contributed by atoms with Crippen molar-refractivity contribution in [1.29, 1.82) is 0 Å². The number of rotatable bonds is 5. The van der Waals surface area contributed by atoms with E-state index in [9.17, 15) is 4.79 Å². The third-order valence-corrected chi connectivity index (χ3v) is 3.13. The van der Waals surface area contributed by atoms with Gasteiger partial charge >= 0.3 is 0 Å². The van der Waals surface area contributed by atoms with Gasteiger partial charge in [0.15, 0.2) is 0 Å². The highest BCUT2D eigenvalue weighted by atomic mass is 35.5. The fourth-order valence-corrected chi connectivity index (χ4v) is 1.88. The average molecular weight is 285 g/mol. The molecular formula is C15H25ClN2O. The lowest BCUT2D eigenvalue weighted by atomic mass is 9.94. The van der Waals surface area contributed by atoms with E-state index in [1.807, 2.05) is 0 Å². The van der Waals surface area contributed by atoms with Gasteiger partial charge in [-0.2, -0.15) is 0 Å². The van der Waals surface area contributed by atoms with Gasteiger partial charge in [-0.3, -0.25) is 4.79 Å². The Kier molecular flexibility index (Phi) is 7.72. The zero-order valence-electron chi connectivity index (χ0n) is 12.1. The molecule has 19 heavy (non-hydrogen) atoms. The molecule has 1 amide bonds. The number of nitrogens with two attached hydrogens (primary N) is 1. The zero-order valence-corrected chi connectivity index (χ0v) is 13.0. The molecule has 0 aliphatic rings. The van der Waals surface area contributed by atoms with Crippen molar-refractivity contribution in [3.8, 4) is 0 Å². The molecule has 1 unspecified atom stereocenters. The van der Waals surface area contributed by atoms with Crippen LogP contribution in [0.5, 0.6) is 0 Å². The van der Waals surface area contributed by atoms with Gasteiger partial charge in [0.2, 0.25) is 5.91 Å². The van der Waals surface area contributed by atoms with Gasteiger partial charge < -0.3 is 11.1 Å². The van der Waals surface area contributed by atoms with Gasteiger partial charge in [-0.05, 0) is 30.4 Å². The van der Waals surface area contributed by atoms with Crippen molar-refractivity contribution in [2.24, 2.45) is 11.7 Å². The highest BCUT2D eigenvalue weighted by Gasteiger charge is 2.19. The first kappa shape index (κ1) is 17.9. The van der Waals surface area contributed by atoms with E-state index < -0.39 is 6.04 Å². The molecule has 0 aliphatic heterocycles. The second-order valence-electron chi connectivity index (χ2n) is 5.11. The Morgan fingerprint density at radius 2 is 1.74 bits per heavy atom. The van der Waals surface area contributed by atoms with Crippen LogP contribution >= 0.6 is 12.4 Å². The lowest BCUT2D eigenvalue weighted by molar-refractivity contribution is -0.123. The van der Waals surface area contributed by atoms with Crippen LogP contribution in [0, 0.1) is 5.92 Å². The van der Waals surface area contributed by atoms with Crippen LogP contribution in [-0.4, -0.2) is 11.9 Å². The Balaban J connectivity index is 0.00000324. The number of carbonyl (C=O) groups is 1. The molecule has 4 heteroatoms. The second-order valence-corrected chi connectivity index (χ2v) is 5.11. The van der Waals surface area contributed by atoms with Crippen molar-refractivity contribution in [1.82, 2.24) is 5.32 Å². The summed E-state index contributed by atoms with van der Waals surface area (Å²) < 4.78 is 0. The monoisotopic (exact) mass is 284 g/mol. The van der Waals surface area contributed by atoms with E-state index in [-0.39, 0.29) is 24.4 Å². The molecule has 0 aliphatic carbocycles. The van der Waals surface area contributed by atoms with Crippen LogP contribution < -0.4 is 11.1 Å².